The molecule has 0 bridgehead atoms. The summed E-state index contributed by atoms with van der Waals surface area (Å²) in [5, 5.41) is 0. The largest absolute Gasteiger partial charge is 0.374 e. The van der Waals surface area contributed by atoms with Crippen LogP contribution in [0.4, 0.5) is 10.1 Å². The normalized spacial score (nSPS) is 16.6. The summed E-state index contributed by atoms with van der Waals surface area (Å²) < 4.78 is 23.4. The molecule has 1 fully saturated rings. The van der Waals surface area contributed by atoms with Crippen molar-refractivity contribution >= 4 is 5.69 Å². The molecule has 4 heteroatoms. The van der Waals surface area contributed by atoms with Gasteiger partial charge in [0, 0.05) is 25.7 Å². The molecule has 2 rings (SSSR count). The molecule has 0 spiro atoms. The number of anilines is 1. The highest BCUT2D eigenvalue weighted by Crippen LogP contribution is 2.15. The smallest absolute Gasteiger partial charge is 0.159 e. The SMILES string of the molecule is CN(CCC1OCCO1)c1ccc(F)cc1. The summed E-state index contributed by atoms with van der Waals surface area (Å²) in [6.45, 7) is 2.20. The van der Waals surface area contributed by atoms with Crippen molar-refractivity contribution < 1.29 is 13.9 Å². The Kier molecular flexibility index (Phi) is 3.74. The second kappa shape index (κ2) is 5.27. The Hall–Kier alpha value is -1.13. The summed E-state index contributed by atoms with van der Waals surface area (Å²) in [5.74, 6) is -0.209. The van der Waals surface area contributed by atoms with E-state index in [2.05, 4.69) is 4.90 Å². The summed E-state index contributed by atoms with van der Waals surface area (Å²) in [4.78, 5) is 2.06. The quantitative estimate of drug-likeness (QED) is 0.782. The maximum atomic E-state index is 12.7. The summed E-state index contributed by atoms with van der Waals surface area (Å²) in [5.41, 5.74) is 0.999. The summed E-state index contributed by atoms with van der Waals surface area (Å²) in [6.07, 6.45) is 0.747. The lowest BCUT2D eigenvalue weighted by Crippen LogP contribution is -2.23. The third-order valence-corrected chi connectivity index (χ3v) is 2.66. The number of rotatable bonds is 4. The van der Waals surface area contributed by atoms with Crippen LogP contribution in [-0.4, -0.2) is 33.1 Å². The van der Waals surface area contributed by atoms with E-state index < -0.39 is 0 Å². The zero-order chi connectivity index (χ0) is 11.4. The summed E-state index contributed by atoms with van der Waals surface area (Å²) in [6, 6.07) is 6.47. The van der Waals surface area contributed by atoms with Gasteiger partial charge in [-0.15, -0.1) is 0 Å². The first kappa shape index (κ1) is 11.4. The van der Waals surface area contributed by atoms with Crippen molar-refractivity contribution in [3.8, 4) is 0 Å². The molecule has 1 aliphatic rings. The fraction of sp³-hybridized carbons (Fsp3) is 0.500. The van der Waals surface area contributed by atoms with Gasteiger partial charge < -0.3 is 14.4 Å². The average Bonchev–Trinajstić information content (AvgIpc) is 2.80. The van der Waals surface area contributed by atoms with Gasteiger partial charge in [-0.25, -0.2) is 4.39 Å². The highest BCUT2D eigenvalue weighted by molar-refractivity contribution is 5.45. The van der Waals surface area contributed by atoms with Crippen molar-refractivity contribution in [2.24, 2.45) is 0 Å². The number of benzene rings is 1. The van der Waals surface area contributed by atoms with Crippen molar-refractivity contribution in [1.82, 2.24) is 0 Å². The molecule has 0 aromatic heterocycles. The molecule has 1 aliphatic heterocycles. The Morgan fingerprint density at radius 1 is 1.25 bits per heavy atom. The van der Waals surface area contributed by atoms with Crippen LogP contribution in [0, 0.1) is 5.82 Å². The monoisotopic (exact) mass is 225 g/mol. The Balaban J connectivity index is 1.82. The zero-order valence-electron chi connectivity index (χ0n) is 9.36. The second-order valence-corrected chi connectivity index (χ2v) is 3.86. The Morgan fingerprint density at radius 2 is 1.88 bits per heavy atom. The molecule has 3 nitrogen and oxygen atoms in total. The van der Waals surface area contributed by atoms with Crippen LogP contribution >= 0.6 is 0 Å². The highest BCUT2D eigenvalue weighted by atomic mass is 19.1. The standard InChI is InChI=1S/C12H16FNO2/c1-14(7-6-12-15-8-9-16-12)11-4-2-10(13)3-5-11/h2-5,12H,6-9H2,1H3. The second-order valence-electron chi connectivity index (χ2n) is 3.86. The molecule has 1 saturated heterocycles. The van der Waals surface area contributed by atoms with Crippen molar-refractivity contribution in [2.45, 2.75) is 12.7 Å². The molecule has 88 valence electrons. The minimum atomic E-state index is -0.209. The van der Waals surface area contributed by atoms with E-state index in [9.17, 15) is 4.39 Å². The summed E-state index contributed by atoms with van der Waals surface area (Å²) >= 11 is 0. The molecule has 0 saturated carbocycles. The Labute approximate surface area is 94.8 Å². The lowest BCUT2D eigenvalue weighted by molar-refractivity contribution is -0.0447. The van der Waals surface area contributed by atoms with Crippen LogP contribution in [0.25, 0.3) is 0 Å². The van der Waals surface area contributed by atoms with Crippen LogP contribution in [-0.2, 0) is 9.47 Å². The predicted octanol–water partition coefficient (Wildman–Crippen LogP) is 2.02. The third-order valence-electron chi connectivity index (χ3n) is 2.66. The van der Waals surface area contributed by atoms with Crippen molar-refractivity contribution in [3.05, 3.63) is 30.1 Å². The van der Waals surface area contributed by atoms with Gasteiger partial charge in [0.05, 0.1) is 13.2 Å². The third kappa shape index (κ3) is 2.93. The molecule has 1 aromatic rings. The van der Waals surface area contributed by atoms with Gasteiger partial charge in [0.1, 0.15) is 5.82 Å². The molecule has 0 atom stereocenters. The molecular weight excluding hydrogens is 209 g/mol. The van der Waals surface area contributed by atoms with Crippen molar-refractivity contribution in [2.75, 3.05) is 31.7 Å². The minimum Gasteiger partial charge on any atom is -0.374 e. The summed E-state index contributed by atoms with van der Waals surface area (Å²) in [7, 11) is 1.97. The molecule has 0 radical (unpaired) electrons. The van der Waals surface area contributed by atoms with E-state index in [0.717, 1.165) is 18.7 Å². The Morgan fingerprint density at radius 3 is 2.50 bits per heavy atom. The molecule has 16 heavy (non-hydrogen) atoms. The van der Waals surface area contributed by atoms with Gasteiger partial charge in [0.25, 0.3) is 0 Å². The van der Waals surface area contributed by atoms with Gasteiger partial charge in [0.15, 0.2) is 6.29 Å². The number of hydrogen-bond acceptors (Lipinski definition) is 3. The maximum Gasteiger partial charge on any atom is 0.159 e. The van der Waals surface area contributed by atoms with Crippen LogP contribution in [0.1, 0.15) is 6.42 Å². The van der Waals surface area contributed by atoms with E-state index in [1.807, 2.05) is 7.05 Å². The molecule has 1 heterocycles. The lowest BCUT2D eigenvalue weighted by Gasteiger charge is -2.20. The fourth-order valence-electron chi connectivity index (χ4n) is 1.70. The average molecular weight is 225 g/mol. The molecule has 0 aliphatic carbocycles. The van der Waals surface area contributed by atoms with Crippen LogP contribution in [0.2, 0.25) is 0 Å². The number of hydrogen-bond donors (Lipinski definition) is 0. The molecule has 0 amide bonds. The fourth-order valence-corrected chi connectivity index (χ4v) is 1.70. The van der Waals surface area contributed by atoms with Gasteiger partial charge in [0.2, 0.25) is 0 Å². The number of halogens is 1. The number of nitrogens with zero attached hydrogens (tertiary/aromatic N) is 1. The van der Waals surface area contributed by atoms with Gasteiger partial charge >= 0.3 is 0 Å². The zero-order valence-corrected chi connectivity index (χ0v) is 9.36. The van der Waals surface area contributed by atoms with Crippen LogP contribution in [0.3, 0.4) is 0 Å². The first-order chi connectivity index (χ1) is 7.75. The highest BCUT2D eigenvalue weighted by Gasteiger charge is 2.16. The van der Waals surface area contributed by atoms with E-state index in [0.29, 0.717) is 13.2 Å². The molecule has 0 unspecified atom stereocenters. The van der Waals surface area contributed by atoms with Crippen LogP contribution in [0.15, 0.2) is 24.3 Å². The first-order valence-electron chi connectivity index (χ1n) is 5.45. The van der Waals surface area contributed by atoms with Gasteiger partial charge in [-0.05, 0) is 24.3 Å². The first-order valence-corrected chi connectivity index (χ1v) is 5.45. The van der Waals surface area contributed by atoms with E-state index in [1.54, 1.807) is 12.1 Å². The predicted molar refractivity (Wildman–Crippen MR) is 60.0 cm³/mol. The van der Waals surface area contributed by atoms with Crippen molar-refractivity contribution in [1.29, 1.82) is 0 Å². The van der Waals surface area contributed by atoms with Gasteiger partial charge in [-0.1, -0.05) is 0 Å². The van der Waals surface area contributed by atoms with Gasteiger partial charge in [-0.3, -0.25) is 0 Å². The van der Waals surface area contributed by atoms with E-state index in [4.69, 9.17) is 9.47 Å². The number of ether oxygens (including phenoxy) is 2. The molecule has 1 aromatic carbocycles. The lowest BCUT2D eigenvalue weighted by atomic mass is 10.2. The van der Waals surface area contributed by atoms with Crippen LogP contribution < -0.4 is 4.90 Å². The Bertz CT molecular complexity index is 322. The molecular formula is C12H16FNO2. The van der Waals surface area contributed by atoms with Crippen LogP contribution in [0.5, 0.6) is 0 Å². The minimum absolute atomic E-state index is 0.0806. The van der Waals surface area contributed by atoms with E-state index in [1.165, 1.54) is 12.1 Å². The van der Waals surface area contributed by atoms with E-state index >= 15 is 0 Å². The van der Waals surface area contributed by atoms with E-state index in [-0.39, 0.29) is 12.1 Å². The molecule has 0 N–H and O–H groups in total. The van der Waals surface area contributed by atoms with Gasteiger partial charge in [-0.2, -0.15) is 0 Å². The maximum absolute atomic E-state index is 12.7. The van der Waals surface area contributed by atoms with Crippen molar-refractivity contribution in [3.63, 3.8) is 0 Å². The topological polar surface area (TPSA) is 21.7 Å².